The SMILES string of the molecule is C.O=C(CCCCCCCCC(CS(=O)(=O)O)S(=O)(=O)O)OO.O=C(O)CCCCCCCCC(CS(=O)(=O)O)S(=O)(=O)O. The molecule has 0 aromatic rings. The Kier molecular flexibility index (Phi) is 25.4. The van der Waals surface area contributed by atoms with Crippen molar-refractivity contribution in [3.05, 3.63) is 0 Å². The van der Waals surface area contributed by atoms with Crippen LogP contribution in [0.4, 0.5) is 0 Å². The minimum absolute atomic E-state index is 0. The van der Waals surface area contributed by atoms with E-state index in [1.165, 1.54) is 0 Å². The predicted molar refractivity (Wildman–Crippen MR) is 160 cm³/mol. The second-order valence-electron chi connectivity index (χ2n) is 9.95. The zero-order valence-electron chi connectivity index (χ0n) is 23.7. The summed E-state index contributed by atoms with van der Waals surface area (Å²) in [4.78, 5) is 24.4. The lowest BCUT2D eigenvalue weighted by atomic mass is 10.1. The molecule has 0 bridgehead atoms. The van der Waals surface area contributed by atoms with Crippen LogP contribution in [0.15, 0.2) is 0 Å². The van der Waals surface area contributed by atoms with Crippen molar-refractivity contribution >= 4 is 52.4 Å². The fourth-order valence-corrected chi connectivity index (χ4v) is 8.47. The molecule has 0 saturated heterocycles. The normalized spacial score (nSPS) is 13.6. The van der Waals surface area contributed by atoms with Gasteiger partial charge in [0, 0.05) is 12.8 Å². The van der Waals surface area contributed by atoms with Crippen LogP contribution in [0.3, 0.4) is 0 Å². The first-order valence-electron chi connectivity index (χ1n) is 13.5. The molecule has 0 aliphatic heterocycles. The van der Waals surface area contributed by atoms with E-state index in [0.717, 1.165) is 38.5 Å². The van der Waals surface area contributed by atoms with E-state index in [4.69, 9.17) is 28.6 Å². The summed E-state index contributed by atoms with van der Waals surface area (Å²) in [6, 6.07) is 0. The topological polar surface area (TPSA) is 301 Å². The molecule has 0 aromatic carbocycles. The molecule has 6 N–H and O–H groups in total. The molecular formula is C23H48O17S4. The number of unbranched alkanes of at least 4 members (excludes halogenated alkanes) is 10. The van der Waals surface area contributed by atoms with Crippen molar-refractivity contribution < 1.29 is 76.7 Å². The van der Waals surface area contributed by atoms with Gasteiger partial charge in [0.25, 0.3) is 40.5 Å². The van der Waals surface area contributed by atoms with Gasteiger partial charge in [0.1, 0.15) is 10.5 Å². The summed E-state index contributed by atoms with van der Waals surface area (Å²) in [6.45, 7) is 0. The number of hydrogen-bond donors (Lipinski definition) is 6. The van der Waals surface area contributed by atoms with Gasteiger partial charge in [-0.1, -0.05) is 71.6 Å². The van der Waals surface area contributed by atoms with E-state index in [2.05, 4.69) is 4.89 Å². The molecule has 0 aliphatic carbocycles. The van der Waals surface area contributed by atoms with E-state index >= 15 is 0 Å². The second kappa shape index (κ2) is 23.8. The molecule has 0 saturated carbocycles. The summed E-state index contributed by atoms with van der Waals surface area (Å²) in [5.41, 5.74) is 0. The molecule has 266 valence electrons. The van der Waals surface area contributed by atoms with E-state index in [-0.39, 0.29) is 33.1 Å². The second-order valence-corrected chi connectivity index (χ2v) is 16.3. The Bertz CT molecular complexity index is 1230. The van der Waals surface area contributed by atoms with Gasteiger partial charge in [-0.2, -0.15) is 38.9 Å². The summed E-state index contributed by atoms with van der Waals surface area (Å²) in [6.07, 6.45) is 7.96. The maximum absolute atomic E-state index is 11.0. The van der Waals surface area contributed by atoms with Crippen LogP contribution < -0.4 is 0 Å². The van der Waals surface area contributed by atoms with Crippen LogP contribution >= 0.6 is 0 Å². The monoisotopic (exact) mass is 724 g/mol. The van der Waals surface area contributed by atoms with Crippen molar-refractivity contribution in [2.24, 2.45) is 0 Å². The highest BCUT2D eigenvalue weighted by atomic mass is 32.2. The Labute approximate surface area is 260 Å². The van der Waals surface area contributed by atoms with Crippen molar-refractivity contribution in [3.8, 4) is 0 Å². The van der Waals surface area contributed by atoms with Crippen molar-refractivity contribution in [2.45, 2.75) is 121 Å². The third kappa shape index (κ3) is 31.9. The zero-order chi connectivity index (χ0) is 33.7. The van der Waals surface area contributed by atoms with Crippen LogP contribution in [0.25, 0.3) is 0 Å². The van der Waals surface area contributed by atoms with Crippen LogP contribution in [0, 0.1) is 0 Å². The van der Waals surface area contributed by atoms with E-state index in [0.29, 0.717) is 38.5 Å². The van der Waals surface area contributed by atoms with Gasteiger partial charge in [-0.3, -0.25) is 23.0 Å². The van der Waals surface area contributed by atoms with Crippen LogP contribution in [-0.2, 0) is 54.9 Å². The van der Waals surface area contributed by atoms with Crippen molar-refractivity contribution in [3.63, 3.8) is 0 Å². The average Bonchev–Trinajstić information content (AvgIpc) is 2.83. The molecule has 0 radical (unpaired) electrons. The van der Waals surface area contributed by atoms with Gasteiger partial charge in [-0.05, 0) is 25.7 Å². The highest BCUT2D eigenvalue weighted by Gasteiger charge is 2.28. The molecule has 0 heterocycles. The molecule has 0 rings (SSSR count). The molecule has 0 aliphatic rings. The molecule has 17 nitrogen and oxygen atoms in total. The van der Waals surface area contributed by atoms with E-state index in [9.17, 15) is 43.3 Å². The van der Waals surface area contributed by atoms with Crippen LogP contribution in [-0.4, -0.2) is 96.2 Å². The first-order valence-corrected chi connectivity index (χ1v) is 19.7. The van der Waals surface area contributed by atoms with Crippen molar-refractivity contribution in [1.82, 2.24) is 0 Å². The Balaban J connectivity index is -0.000000748. The van der Waals surface area contributed by atoms with Crippen LogP contribution in [0.1, 0.15) is 110 Å². The van der Waals surface area contributed by atoms with Gasteiger partial charge in [0.2, 0.25) is 0 Å². The predicted octanol–water partition coefficient (Wildman–Crippen LogP) is 3.24. The van der Waals surface area contributed by atoms with Gasteiger partial charge in [-0.25, -0.2) is 4.79 Å². The number of aliphatic carboxylic acids is 1. The Morgan fingerprint density at radius 3 is 1.09 bits per heavy atom. The van der Waals surface area contributed by atoms with E-state index in [1.54, 1.807) is 0 Å². The third-order valence-corrected chi connectivity index (χ3v) is 10.6. The molecule has 0 fully saturated rings. The van der Waals surface area contributed by atoms with Gasteiger partial charge in [-0.15, -0.1) is 0 Å². The molecule has 21 heteroatoms. The maximum atomic E-state index is 11.0. The first-order chi connectivity index (χ1) is 19.6. The van der Waals surface area contributed by atoms with Gasteiger partial charge in [0.15, 0.2) is 0 Å². The third-order valence-electron chi connectivity index (χ3n) is 6.06. The van der Waals surface area contributed by atoms with Gasteiger partial charge in [0.05, 0.1) is 11.5 Å². The molecule has 0 amide bonds. The number of hydrogen-bond acceptors (Lipinski definition) is 12. The number of carbonyl (C=O) groups is 2. The van der Waals surface area contributed by atoms with Gasteiger partial charge >= 0.3 is 11.9 Å². The number of carboxylic acid groups (broad SMARTS) is 1. The number of carbonyl (C=O) groups excluding carboxylic acids is 1. The molecule has 2 atom stereocenters. The maximum Gasteiger partial charge on any atom is 0.342 e. The number of rotatable bonds is 24. The lowest BCUT2D eigenvalue weighted by molar-refractivity contribution is -0.234. The Morgan fingerprint density at radius 2 is 0.818 bits per heavy atom. The van der Waals surface area contributed by atoms with E-state index in [1.807, 2.05) is 0 Å². The Hall–Kier alpha value is -1.46. The smallest absolute Gasteiger partial charge is 0.342 e. The fourth-order valence-electron chi connectivity index (χ4n) is 3.86. The lowest BCUT2D eigenvalue weighted by Gasteiger charge is -2.11. The summed E-state index contributed by atoms with van der Waals surface area (Å²) < 4.78 is 122. The zero-order valence-corrected chi connectivity index (χ0v) is 27.0. The first kappa shape index (κ1) is 47.0. The summed E-state index contributed by atoms with van der Waals surface area (Å²) in [5.74, 6) is -3.56. The standard InChI is InChI=1S/C11H22O9S2.C11H22O8S2.CH4/c12-11(20-13)8-6-4-2-1-3-5-7-10(22(17,18)19)9-21(14,15)16;12-11(13)8-6-4-2-1-3-5-7-10(21(17,18)19)9-20(14,15)16;/h10,13H,1-9H2,(H,14,15,16)(H,17,18,19);10H,1-9H2,(H,12,13)(H,14,15,16)(H,17,18,19);1H4. The quantitative estimate of drug-likeness (QED) is 0.0360. The average molecular weight is 725 g/mol. The van der Waals surface area contributed by atoms with Crippen molar-refractivity contribution in [1.29, 1.82) is 0 Å². The number of carboxylic acids is 1. The summed E-state index contributed by atoms with van der Waals surface area (Å²) in [5, 5.41) is 13.4. The van der Waals surface area contributed by atoms with Crippen LogP contribution in [0.5, 0.6) is 0 Å². The molecule has 2 unspecified atom stereocenters. The Morgan fingerprint density at radius 1 is 0.523 bits per heavy atom. The summed E-state index contributed by atoms with van der Waals surface area (Å²) >= 11 is 0. The molecular weight excluding hydrogens is 677 g/mol. The summed E-state index contributed by atoms with van der Waals surface area (Å²) in [7, 11) is -18.0. The minimum Gasteiger partial charge on any atom is -0.481 e. The van der Waals surface area contributed by atoms with Crippen LogP contribution in [0.2, 0.25) is 0 Å². The molecule has 0 spiro atoms. The minimum atomic E-state index is -4.53. The largest absolute Gasteiger partial charge is 0.481 e. The van der Waals surface area contributed by atoms with E-state index < -0.39 is 74.4 Å². The molecule has 44 heavy (non-hydrogen) atoms. The lowest BCUT2D eigenvalue weighted by Crippen LogP contribution is -2.29. The fraction of sp³-hybridized carbons (Fsp3) is 0.913. The molecule has 0 aromatic heterocycles. The highest BCUT2D eigenvalue weighted by Crippen LogP contribution is 2.16. The highest BCUT2D eigenvalue weighted by molar-refractivity contribution is 7.90. The van der Waals surface area contributed by atoms with Crippen molar-refractivity contribution in [2.75, 3.05) is 11.5 Å². The van der Waals surface area contributed by atoms with Gasteiger partial charge < -0.3 is 9.99 Å².